The number of ether oxygens (including phenoxy) is 1. The molecule has 0 aromatic rings. The van der Waals surface area contributed by atoms with Crippen LogP contribution in [0, 0.1) is 5.41 Å². The molecule has 0 aliphatic carbocycles. The van der Waals surface area contributed by atoms with Crippen LogP contribution in [-0.4, -0.2) is 48.6 Å². The zero-order valence-electron chi connectivity index (χ0n) is 12.1. The fraction of sp³-hybridized carbons (Fsp3) is 0.857. The van der Waals surface area contributed by atoms with Gasteiger partial charge in [-0.05, 0) is 24.7 Å². The highest BCUT2D eigenvalue weighted by atomic mass is 16.5. The second-order valence-electron chi connectivity index (χ2n) is 6.57. The lowest BCUT2D eigenvalue weighted by Crippen LogP contribution is -2.63. The van der Waals surface area contributed by atoms with E-state index in [0.29, 0.717) is 6.54 Å². The van der Waals surface area contributed by atoms with E-state index in [0.717, 1.165) is 25.9 Å². The van der Waals surface area contributed by atoms with Crippen molar-refractivity contribution in [1.82, 2.24) is 10.2 Å². The first-order chi connectivity index (χ1) is 8.88. The molecule has 2 saturated heterocycles. The maximum Gasteiger partial charge on any atom is 0.246 e. The first-order valence-electron chi connectivity index (χ1n) is 7.07. The van der Waals surface area contributed by atoms with Crippen molar-refractivity contribution in [3.8, 4) is 0 Å². The molecule has 2 unspecified atom stereocenters. The van der Waals surface area contributed by atoms with Crippen molar-refractivity contribution >= 4 is 11.8 Å². The molecule has 2 fully saturated rings. The molecule has 0 saturated carbocycles. The summed E-state index contributed by atoms with van der Waals surface area (Å²) in [4.78, 5) is 25.9. The fourth-order valence-corrected chi connectivity index (χ4v) is 2.64. The Kier molecular flexibility index (Phi) is 4.13. The molecule has 0 bridgehead atoms. The Labute approximate surface area is 114 Å². The Morgan fingerprint density at radius 3 is 2.63 bits per heavy atom. The average molecular weight is 268 g/mol. The largest absolute Gasteiger partial charge is 0.376 e. The Bertz CT molecular complexity index is 356. The van der Waals surface area contributed by atoms with Crippen molar-refractivity contribution in [2.75, 3.05) is 19.7 Å². The molecule has 2 atom stereocenters. The highest BCUT2D eigenvalue weighted by Crippen LogP contribution is 2.24. The summed E-state index contributed by atoms with van der Waals surface area (Å²) in [6, 6.07) is -0.433. The molecule has 0 radical (unpaired) electrons. The second kappa shape index (κ2) is 5.49. The van der Waals surface area contributed by atoms with E-state index in [2.05, 4.69) is 5.32 Å². The summed E-state index contributed by atoms with van der Waals surface area (Å²) in [6.07, 6.45) is 3.30. The van der Waals surface area contributed by atoms with E-state index in [1.807, 2.05) is 20.8 Å². The van der Waals surface area contributed by atoms with Crippen LogP contribution in [0.5, 0.6) is 0 Å². The van der Waals surface area contributed by atoms with E-state index in [1.54, 1.807) is 4.90 Å². The van der Waals surface area contributed by atoms with Gasteiger partial charge >= 0.3 is 0 Å². The number of rotatable bonds is 2. The van der Waals surface area contributed by atoms with Gasteiger partial charge in [0.25, 0.3) is 0 Å². The van der Waals surface area contributed by atoms with Gasteiger partial charge in [-0.2, -0.15) is 0 Å². The summed E-state index contributed by atoms with van der Waals surface area (Å²) >= 11 is 0. The molecule has 1 N–H and O–H groups in total. The molecule has 2 amide bonds. The minimum Gasteiger partial charge on any atom is -0.376 e. The van der Waals surface area contributed by atoms with Gasteiger partial charge in [0.15, 0.2) is 0 Å². The van der Waals surface area contributed by atoms with Gasteiger partial charge in [0, 0.05) is 13.2 Å². The number of piperazine rings is 1. The van der Waals surface area contributed by atoms with Crippen LogP contribution in [0.4, 0.5) is 0 Å². The molecular weight excluding hydrogens is 244 g/mol. The summed E-state index contributed by atoms with van der Waals surface area (Å²) in [6.45, 7) is 7.37. The molecule has 108 valence electrons. The van der Waals surface area contributed by atoms with Gasteiger partial charge in [0.05, 0.1) is 12.6 Å². The molecule has 0 aromatic carbocycles. The van der Waals surface area contributed by atoms with E-state index in [4.69, 9.17) is 4.74 Å². The van der Waals surface area contributed by atoms with Crippen LogP contribution in [0.3, 0.4) is 0 Å². The molecule has 0 spiro atoms. The third-order valence-electron chi connectivity index (χ3n) is 3.76. The van der Waals surface area contributed by atoms with Crippen LogP contribution in [0.1, 0.15) is 40.0 Å². The molecule has 5 nitrogen and oxygen atoms in total. The third kappa shape index (κ3) is 3.47. The van der Waals surface area contributed by atoms with Crippen LogP contribution in [0.25, 0.3) is 0 Å². The topological polar surface area (TPSA) is 58.6 Å². The van der Waals surface area contributed by atoms with Crippen LogP contribution < -0.4 is 5.32 Å². The number of nitrogens with one attached hydrogen (secondary N) is 1. The van der Waals surface area contributed by atoms with Crippen LogP contribution in [0.2, 0.25) is 0 Å². The maximum atomic E-state index is 12.4. The first-order valence-corrected chi connectivity index (χ1v) is 7.07. The summed E-state index contributed by atoms with van der Waals surface area (Å²) in [5.41, 5.74) is -0.265. The molecule has 0 aromatic heterocycles. The van der Waals surface area contributed by atoms with Gasteiger partial charge in [-0.25, -0.2) is 0 Å². The standard InChI is InChI=1S/C14H24N2O3/c1-14(2,3)12-13(18)16(9-11(17)15-12)8-10-6-4-5-7-19-10/h10,12H,4-9H2,1-3H3,(H,15,17). The summed E-state index contributed by atoms with van der Waals surface area (Å²) < 4.78 is 5.66. The Morgan fingerprint density at radius 1 is 1.32 bits per heavy atom. The van der Waals surface area contributed by atoms with E-state index in [1.165, 1.54) is 0 Å². The van der Waals surface area contributed by atoms with Crippen molar-refractivity contribution in [1.29, 1.82) is 0 Å². The lowest BCUT2D eigenvalue weighted by molar-refractivity contribution is -0.149. The average Bonchev–Trinajstić information content (AvgIpc) is 2.33. The molecule has 2 aliphatic heterocycles. The van der Waals surface area contributed by atoms with Crippen LogP contribution >= 0.6 is 0 Å². The molecule has 2 heterocycles. The van der Waals surface area contributed by atoms with Gasteiger partial charge in [-0.3, -0.25) is 9.59 Å². The number of amides is 2. The Morgan fingerprint density at radius 2 is 2.05 bits per heavy atom. The number of hydrogen-bond acceptors (Lipinski definition) is 3. The minimum absolute atomic E-state index is 0.0151. The van der Waals surface area contributed by atoms with Crippen molar-refractivity contribution < 1.29 is 14.3 Å². The summed E-state index contributed by atoms with van der Waals surface area (Å²) in [7, 11) is 0. The number of carbonyl (C=O) groups is 2. The summed E-state index contributed by atoms with van der Waals surface area (Å²) in [5, 5.41) is 2.80. The summed E-state index contributed by atoms with van der Waals surface area (Å²) in [5.74, 6) is -0.0587. The number of nitrogens with zero attached hydrogens (tertiary/aromatic N) is 1. The number of hydrogen-bond donors (Lipinski definition) is 1. The Hall–Kier alpha value is -1.10. The highest BCUT2D eigenvalue weighted by Gasteiger charge is 2.40. The monoisotopic (exact) mass is 268 g/mol. The van der Waals surface area contributed by atoms with Gasteiger partial charge in [-0.15, -0.1) is 0 Å². The van der Waals surface area contributed by atoms with Crippen LogP contribution in [0.15, 0.2) is 0 Å². The SMILES string of the molecule is CC(C)(C)C1NC(=O)CN(CC2CCCCO2)C1=O. The van der Waals surface area contributed by atoms with E-state index in [9.17, 15) is 9.59 Å². The van der Waals surface area contributed by atoms with Crippen LogP contribution in [-0.2, 0) is 14.3 Å². The molecule has 19 heavy (non-hydrogen) atoms. The smallest absolute Gasteiger partial charge is 0.246 e. The highest BCUT2D eigenvalue weighted by molar-refractivity contribution is 5.95. The van der Waals surface area contributed by atoms with Gasteiger partial charge in [-0.1, -0.05) is 20.8 Å². The third-order valence-corrected chi connectivity index (χ3v) is 3.76. The van der Waals surface area contributed by atoms with Gasteiger partial charge < -0.3 is 15.0 Å². The van der Waals surface area contributed by atoms with Gasteiger partial charge in [0.1, 0.15) is 6.04 Å². The van der Waals surface area contributed by atoms with Crippen molar-refractivity contribution in [3.05, 3.63) is 0 Å². The predicted octanol–water partition coefficient (Wildman–Crippen LogP) is 0.929. The molecule has 2 aliphatic rings. The zero-order valence-corrected chi connectivity index (χ0v) is 12.1. The quantitative estimate of drug-likeness (QED) is 0.810. The van der Waals surface area contributed by atoms with Gasteiger partial charge in [0.2, 0.25) is 11.8 Å². The Balaban J connectivity index is 2.02. The lowest BCUT2D eigenvalue weighted by atomic mass is 9.84. The normalized spacial score (nSPS) is 29.3. The predicted molar refractivity (Wildman–Crippen MR) is 71.6 cm³/mol. The van der Waals surface area contributed by atoms with E-state index >= 15 is 0 Å². The lowest BCUT2D eigenvalue weighted by Gasteiger charge is -2.40. The van der Waals surface area contributed by atoms with E-state index in [-0.39, 0.29) is 29.9 Å². The van der Waals surface area contributed by atoms with Crippen molar-refractivity contribution in [3.63, 3.8) is 0 Å². The fourth-order valence-electron chi connectivity index (χ4n) is 2.64. The van der Waals surface area contributed by atoms with Crippen molar-refractivity contribution in [2.24, 2.45) is 5.41 Å². The molecule has 2 rings (SSSR count). The number of carbonyl (C=O) groups excluding carboxylic acids is 2. The van der Waals surface area contributed by atoms with Crippen molar-refractivity contribution in [2.45, 2.75) is 52.2 Å². The molecule has 5 heteroatoms. The first kappa shape index (κ1) is 14.3. The maximum absolute atomic E-state index is 12.4. The minimum atomic E-state index is -0.433. The second-order valence-corrected chi connectivity index (χ2v) is 6.57. The van der Waals surface area contributed by atoms with E-state index < -0.39 is 6.04 Å². The zero-order chi connectivity index (χ0) is 14.0. The molecular formula is C14H24N2O3.